The van der Waals surface area contributed by atoms with Gasteiger partial charge in [0.25, 0.3) is 0 Å². The smallest absolute Gasteiger partial charge is 0.306 e. The SMILES string of the molecule is C[C@@H](Cc1ccc(O)cc1Cl)C(=O)O. The van der Waals surface area contributed by atoms with Gasteiger partial charge in [0.15, 0.2) is 0 Å². The van der Waals surface area contributed by atoms with Crippen molar-refractivity contribution in [2.75, 3.05) is 0 Å². The van der Waals surface area contributed by atoms with E-state index in [2.05, 4.69) is 0 Å². The standard InChI is InChI=1S/C10H11ClO3/c1-6(10(13)14)4-7-2-3-8(12)5-9(7)11/h2-3,5-6,12H,4H2,1H3,(H,13,14)/t6-/m0/s1. The molecule has 1 aromatic rings. The van der Waals surface area contributed by atoms with Gasteiger partial charge in [-0.2, -0.15) is 0 Å². The second kappa shape index (κ2) is 4.33. The Morgan fingerprint density at radius 2 is 2.21 bits per heavy atom. The van der Waals surface area contributed by atoms with Gasteiger partial charge in [0.05, 0.1) is 5.92 Å². The van der Waals surface area contributed by atoms with Crippen molar-refractivity contribution in [3.05, 3.63) is 28.8 Å². The highest BCUT2D eigenvalue weighted by Gasteiger charge is 2.13. The highest BCUT2D eigenvalue weighted by molar-refractivity contribution is 6.31. The van der Waals surface area contributed by atoms with Crippen molar-refractivity contribution in [1.29, 1.82) is 0 Å². The number of aliphatic carboxylic acids is 1. The molecular weight excluding hydrogens is 204 g/mol. The molecule has 1 aromatic carbocycles. The lowest BCUT2D eigenvalue weighted by atomic mass is 10.0. The molecule has 76 valence electrons. The number of rotatable bonds is 3. The van der Waals surface area contributed by atoms with Gasteiger partial charge in [-0.15, -0.1) is 0 Å². The van der Waals surface area contributed by atoms with Crippen LogP contribution in [0, 0.1) is 5.92 Å². The van der Waals surface area contributed by atoms with Crippen LogP contribution < -0.4 is 0 Å². The first-order valence-corrected chi connectivity index (χ1v) is 4.58. The molecule has 0 fully saturated rings. The van der Waals surface area contributed by atoms with Gasteiger partial charge in [-0.25, -0.2) is 0 Å². The van der Waals surface area contributed by atoms with Crippen molar-refractivity contribution in [2.45, 2.75) is 13.3 Å². The summed E-state index contributed by atoms with van der Waals surface area (Å²) in [4.78, 5) is 10.6. The summed E-state index contributed by atoms with van der Waals surface area (Å²) in [5, 5.41) is 18.2. The van der Waals surface area contributed by atoms with E-state index < -0.39 is 11.9 Å². The van der Waals surface area contributed by atoms with Crippen molar-refractivity contribution in [3.63, 3.8) is 0 Å². The van der Waals surface area contributed by atoms with Gasteiger partial charge in [0.2, 0.25) is 0 Å². The van der Waals surface area contributed by atoms with Crippen LogP contribution in [0.2, 0.25) is 5.02 Å². The van der Waals surface area contributed by atoms with E-state index >= 15 is 0 Å². The summed E-state index contributed by atoms with van der Waals surface area (Å²) >= 11 is 5.83. The van der Waals surface area contributed by atoms with Crippen molar-refractivity contribution < 1.29 is 15.0 Å². The fourth-order valence-corrected chi connectivity index (χ4v) is 1.37. The van der Waals surface area contributed by atoms with E-state index in [0.29, 0.717) is 11.4 Å². The van der Waals surface area contributed by atoms with Gasteiger partial charge in [-0.1, -0.05) is 24.6 Å². The van der Waals surface area contributed by atoms with Crippen LogP contribution in [0.1, 0.15) is 12.5 Å². The number of hydrogen-bond acceptors (Lipinski definition) is 2. The van der Waals surface area contributed by atoms with Gasteiger partial charge in [-0.3, -0.25) is 4.79 Å². The summed E-state index contributed by atoms with van der Waals surface area (Å²) in [6.07, 6.45) is 0.369. The molecule has 0 heterocycles. The van der Waals surface area contributed by atoms with Gasteiger partial charge in [0, 0.05) is 5.02 Å². The van der Waals surface area contributed by atoms with E-state index in [1.165, 1.54) is 12.1 Å². The normalized spacial score (nSPS) is 12.4. The lowest BCUT2D eigenvalue weighted by molar-refractivity contribution is -0.141. The Kier molecular flexibility index (Phi) is 3.36. The third-order valence-electron chi connectivity index (χ3n) is 1.98. The molecule has 0 aromatic heterocycles. The van der Waals surface area contributed by atoms with Crippen LogP contribution in [0.3, 0.4) is 0 Å². The van der Waals surface area contributed by atoms with Crippen LogP contribution in [-0.4, -0.2) is 16.2 Å². The van der Waals surface area contributed by atoms with E-state index in [9.17, 15) is 4.79 Å². The molecule has 0 aliphatic rings. The Hall–Kier alpha value is -1.22. The number of phenolic OH excluding ortho intramolecular Hbond substituents is 1. The molecule has 0 aliphatic carbocycles. The zero-order chi connectivity index (χ0) is 10.7. The van der Waals surface area contributed by atoms with Crippen LogP contribution in [0.15, 0.2) is 18.2 Å². The topological polar surface area (TPSA) is 57.5 Å². The predicted molar refractivity (Wildman–Crippen MR) is 53.6 cm³/mol. The number of carbonyl (C=O) groups is 1. The first-order valence-electron chi connectivity index (χ1n) is 4.21. The summed E-state index contributed by atoms with van der Waals surface area (Å²) < 4.78 is 0. The Labute approximate surface area is 86.9 Å². The number of hydrogen-bond donors (Lipinski definition) is 2. The molecule has 0 amide bonds. The minimum atomic E-state index is -0.853. The van der Waals surface area contributed by atoms with Crippen molar-refractivity contribution in [3.8, 4) is 5.75 Å². The number of aromatic hydroxyl groups is 1. The minimum absolute atomic E-state index is 0.0849. The highest BCUT2D eigenvalue weighted by Crippen LogP contribution is 2.23. The lowest BCUT2D eigenvalue weighted by Crippen LogP contribution is -2.12. The molecule has 0 radical (unpaired) electrons. The maximum atomic E-state index is 10.6. The quantitative estimate of drug-likeness (QED) is 0.812. The molecule has 3 nitrogen and oxygen atoms in total. The zero-order valence-electron chi connectivity index (χ0n) is 7.70. The van der Waals surface area contributed by atoms with E-state index in [0.717, 1.165) is 5.56 Å². The summed E-state index contributed by atoms with van der Waals surface area (Å²) in [7, 11) is 0. The highest BCUT2D eigenvalue weighted by atomic mass is 35.5. The Balaban J connectivity index is 2.82. The molecule has 2 N–H and O–H groups in total. The van der Waals surface area contributed by atoms with Gasteiger partial charge in [-0.05, 0) is 24.1 Å². The zero-order valence-corrected chi connectivity index (χ0v) is 8.45. The third-order valence-corrected chi connectivity index (χ3v) is 2.34. The predicted octanol–water partition coefficient (Wildman–Crippen LogP) is 2.31. The van der Waals surface area contributed by atoms with Crippen LogP contribution in [0.4, 0.5) is 0 Å². The first kappa shape index (κ1) is 10.9. The molecule has 0 unspecified atom stereocenters. The summed E-state index contributed by atoms with van der Waals surface area (Å²) in [6, 6.07) is 4.54. The molecule has 0 spiro atoms. The fraction of sp³-hybridized carbons (Fsp3) is 0.300. The molecule has 1 atom stereocenters. The first-order chi connectivity index (χ1) is 6.50. The van der Waals surface area contributed by atoms with Crippen molar-refractivity contribution in [2.24, 2.45) is 5.92 Å². The minimum Gasteiger partial charge on any atom is -0.508 e. The lowest BCUT2D eigenvalue weighted by Gasteiger charge is -2.07. The maximum Gasteiger partial charge on any atom is 0.306 e. The maximum absolute atomic E-state index is 10.6. The Bertz CT molecular complexity index is 349. The summed E-state index contributed by atoms with van der Waals surface area (Å²) in [6.45, 7) is 1.62. The number of halogens is 1. The van der Waals surface area contributed by atoms with Crippen LogP contribution in [0.5, 0.6) is 5.75 Å². The molecule has 14 heavy (non-hydrogen) atoms. The average molecular weight is 215 g/mol. The number of carboxylic acid groups (broad SMARTS) is 1. The van der Waals surface area contributed by atoms with E-state index in [4.69, 9.17) is 21.8 Å². The molecule has 0 bridgehead atoms. The van der Waals surface area contributed by atoms with Gasteiger partial charge < -0.3 is 10.2 Å². The monoisotopic (exact) mass is 214 g/mol. The summed E-state index contributed by atoms with van der Waals surface area (Å²) in [5.41, 5.74) is 0.736. The molecule has 4 heteroatoms. The van der Waals surface area contributed by atoms with Gasteiger partial charge in [0.1, 0.15) is 5.75 Å². The van der Waals surface area contributed by atoms with Crippen molar-refractivity contribution in [1.82, 2.24) is 0 Å². The molecule has 1 rings (SSSR count). The second-order valence-corrected chi connectivity index (χ2v) is 3.63. The van der Waals surface area contributed by atoms with Crippen LogP contribution >= 0.6 is 11.6 Å². The molecule has 0 saturated heterocycles. The number of benzene rings is 1. The second-order valence-electron chi connectivity index (χ2n) is 3.22. The summed E-state index contributed by atoms with van der Waals surface area (Å²) in [5.74, 6) is -1.24. The van der Waals surface area contributed by atoms with E-state index in [-0.39, 0.29) is 5.75 Å². The van der Waals surface area contributed by atoms with E-state index in [1.54, 1.807) is 13.0 Å². The van der Waals surface area contributed by atoms with Crippen LogP contribution in [0.25, 0.3) is 0 Å². The largest absolute Gasteiger partial charge is 0.508 e. The molecule has 0 aliphatic heterocycles. The number of carboxylic acids is 1. The average Bonchev–Trinajstić information content (AvgIpc) is 2.09. The molecule has 0 saturated carbocycles. The molecular formula is C10H11ClO3. The third kappa shape index (κ3) is 2.64. The fourth-order valence-electron chi connectivity index (χ4n) is 1.12. The van der Waals surface area contributed by atoms with Crippen LogP contribution in [-0.2, 0) is 11.2 Å². The Morgan fingerprint density at radius 1 is 1.57 bits per heavy atom. The Morgan fingerprint density at radius 3 is 2.71 bits per heavy atom. The van der Waals surface area contributed by atoms with Gasteiger partial charge >= 0.3 is 5.97 Å². The van der Waals surface area contributed by atoms with E-state index in [1.807, 2.05) is 0 Å². The van der Waals surface area contributed by atoms with Crippen molar-refractivity contribution >= 4 is 17.6 Å². The number of phenols is 1.